The van der Waals surface area contributed by atoms with E-state index in [-0.39, 0.29) is 18.1 Å². The first-order chi connectivity index (χ1) is 9.61. The lowest BCUT2D eigenvalue weighted by Gasteiger charge is -2.35. The number of halogens is 1. The Morgan fingerprint density at radius 1 is 1.40 bits per heavy atom. The van der Waals surface area contributed by atoms with E-state index in [1.54, 1.807) is 0 Å². The monoisotopic (exact) mass is 280 g/mol. The summed E-state index contributed by atoms with van der Waals surface area (Å²) in [5.74, 6) is -1.04. The van der Waals surface area contributed by atoms with Crippen LogP contribution in [0.5, 0.6) is 0 Å². The number of hydrogen-bond donors (Lipinski definition) is 0. The molecule has 1 spiro atoms. The van der Waals surface area contributed by atoms with Gasteiger partial charge in [0.15, 0.2) is 6.17 Å². The molecular weight excluding hydrogens is 267 g/mol. The normalized spacial score (nSPS) is 29.1. The van der Waals surface area contributed by atoms with Gasteiger partial charge in [-0.2, -0.15) is 0 Å². The van der Waals surface area contributed by atoms with Gasteiger partial charge in [-0.15, -0.1) is 0 Å². The largest absolute Gasteiger partial charge is 0.440 e. The average molecular weight is 280 g/mol. The van der Waals surface area contributed by atoms with Crippen LogP contribution in [0, 0.1) is 10.1 Å². The van der Waals surface area contributed by atoms with Crippen LogP contribution in [0.1, 0.15) is 18.4 Å². The Balaban J connectivity index is 1.78. The molecular formula is C13H13FN2O4. The highest BCUT2D eigenvalue weighted by molar-refractivity contribution is 5.95. The molecule has 2 atom stereocenters. The Morgan fingerprint density at radius 2 is 2.15 bits per heavy atom. The van der Waals surface area contributed by atoms with E-state index in [4.69, 9.17) is 9.47 Å². The van der Waals surface area contributed by atoms with Crippen LogP contribution in [0.25, 0.3) is 0 Å². The summed E-state index contributed by atoms with van der Waals surface area (Å²) in [7, 11) is 0. The van der Waals surface area contributed by atoms with Gasteiger partial charge < -0.3 is 9.47 Å². The Bertz CT molecular complexity index is 560. The zero-order valence-corrected chi connectivity index (χ0v) is 10.6. The maximum atomic E-state index is 14.0. The molecule has 0 saturated carbocycles. The maximum absolute atomic E-state index is 14.0. The van der Waals surface area contributed by atoms with Crippen LogP contribution in [-0.4, -0.2) is 35.9 Å². The molecule has 3 rings (SSSR count). The van der Waals surface area contributed by atoms with E-state index < -0.39 is 16.9 Å². The first-order valence-corrected chi connectivity index (χ1v) is 6.37. The van der Waals surface area contributed by atoms with Crippen molar-refractivity contribution in [2.75, 3.05) is 13.2 Å². The lowest BCUT2D eigenvalue weighted by atomic mass is 10.0. The summed E-state index contributed by atoms with van der Waals surface area (Å²) < 4.78 is 25.0. The molecule has 1 fully saturated rings. The summed E-state index contributed by atoms with van der Waals surface area (Å²) >= 11 is 0. The molecule has 2 aliphatic rings. The van der Waals surface area contributed by atoms with Crippen LogP contribution in [0.4, 0.5) is 10.1 Å². The number of rotatable bonds is 2. The fourth-order valence-electron chi connectivity index (χ4n) is 2.34. The number of non-ortho nitro benzene ring substituents is 1. The number of nitro benzene ring substituents is 1. The van der Waals surface area contributed by atoms with Gasteiger partial charge in [0.05, 0.1) is 11.5 Å². The second kappa shape index (κ2) is 4.82. The minimum Gasteiger partial charge on any atom is -0.440 e. The second-order valence-electron chi connectivity index (χ2n) is 4.80. The summed E-state index contributed by atoms with van der Waals surface area (Å²) in [6, 6.07) is 5.79. The van der Waals surface area contributed by atoms with Gasteiger partial charge in [-0.05, 0) is 25.0 Å². The van der Waals surface area contributed by atoms with Crippen LogP contribution in [-0.2, 0) is 9.47 Å². The molecule has 0 aromatic heterocycles. The van der Waals surface area contributed by atoms with Gasteiger partial charge in [0.25, 0.3) is 11.5 Å². The Labute approximate surface area is 114 Å². The number of aliphatic imine (C=N–C) groups is 1. The molecule has 7 heteroatoms. The van der Waals surface area contributed by atoms with Crippen LogP contribution < -0.4 is 0 Å². The molecule has 2 aliphatic heterocycles. The second-order valence-corrected chi connectivity index (χ2v) is 4.80. The van der Waals surface area contributed by atoms with Crippen LogP contribution >= 0.6 is 0 Å². The number of ether oxygens (including phenoxy) is 2. The standard InChI is InChI=1S/C13H13FN2O4/c14-11-2-1-7-19-13(11)8-15-12(20-13)9-3-5-10(6-4-9)16(17)18/h3-6,11H,1-2,7-8H2/t11-,13+/m0/s1. The van der Waals surface area contributed by atoms with Crippen molar-refractivity contribution in [2.24, 2.45) is 4.99 Å². The number of alkyl halides is 1. The molecule has 20 heavy (non-hydrogen) atoms. The SMILES string of the molecule is O=[N+]([O-])c1ccc(C2=NC[C@@]3(OCCC[C@@H]3F)O2)cc1. The predicted molar refractivity (Wildman–Crippen MR) is 68.4 cm³/mol. The summed E-state index contributed by atoms with van der Waals surface area (Å²) in [6.45, 7) is 0.559. The smallest absolute Gasteiger partial charge is 0.269 e. The van der Waals surface area contributed by atoms with Crippen LogP contribution in [0.3, 0.4) is 0 Å². The lowest BCUT2D eigenvalue weighted by molar-refractivity contribution is -0.384. The van der Waals surface area contributed by atoms with Crippen LogP contribution in [0.2, 0.25) is 0 Å². The molecule has 0 radical (unpaired) electrons. The zero-order valence-electron chi connectivity index (χ0n) is 10.6. The predicted octanol–water partition coefficient (Wildman–Crippen LogP) is 2.22. The van der Waals surface area contributed by atoms with Crippen LogP contribution in [0.15, 0.2) is 29.3 Å². The highest BCUT2D eigenvalue weighted by Crippen LogP contribution is 2.34. The van der Waals surface area contributed by atoms with Crippen molar-refractivity contribution < 1.29 is 18.8 Å². The number of nitro groups is 1. The third-order valence-electron chi connectivity index (χ3n) is 3.46. The Kier molecular flexibility index (Phi) is 3.13. The molecule has 0 aliphatic carbocycles. The molecule has 0 bridgehead atoms. The van der Waals surface area contributed by atoms with Gasteiger partial charge in [0, 0.05) is 17.7 Å². The van der Waals surface area contributed by atoms with Gasteiger partial charge in [-0.3, -0.25) is 10.1 Å². The number of nitrogens with zero attached hydrogens (tertiary/aromatic N) is 2. The third-order valence-corrected chi connectivity index (χ3v) is 3.46. The van der Waals surface area contributed by atoms with E-state index in [1.807, 2.05) is 0 Å². The van der Waals surface area contributed by atoms with Crippen molar-refractivity contribution in [3.63, 3.8) is 0 Å². The quantitative estimate of drug-likeness (QED) is 0.615. The number of benzene rings is 1. The molecule has 1 saturated heterocycles. The van der Waals surface area contributed by atoms with Crippen molar-refractivity contribution in [2.45, 2.75) is 24.8 Å². The average Bonchev–Trinajstić information content (AvgIpc) is 2.88. The van der Waals surface area contributed by atoms with Crippen molar-refractivity contribution in [1.82, 2.24) is 0 Å². The van der Waals surface area contributed by atoms with Gasteiger partial charge in [0.1, 0.15) is 6.54 Å². The van der Waals surface area contributed by atoms with E-state index in [1.165, 1.54) is 24.3 Å². The summed E-state index contributed by atoms with van der Waals surface area (Å²) in [6.07, 6.45) is -0.155. The highest BCUT2D eigenvalue weighted by atomic mass is 19.1. The molecule has 0 amide bonds. The zero-order chi connectivity index (χ0) is 14.2. The molecule has 0 N–H and O–H groups in total. The minimum absolute atomic E-state index is 0.0145. The van der Waals surface area contributed by atoms with Crippen molar-refractivity contribution in [1.29, 1.82) is 0 Å². The first-order valence-electron chi connectivity index (χ1n) is 6.37. The lowest BCUT2D eigenvalue weighted by Crippen LogP contribution is -2.49. The van der Waals surface area contributed by atoms with Gasteiger partial charge in [-0.1, -0.05) is 0 Å². The van der Waals surface area contributed by atoms with Gasteiger partial charge in [-0.25, -0.2) is 9.38 Å². The number of hydrogen-bond acceptors (Lipinski definition) is 5. The Hall–Kier alpha value is -2.02. The molecule has 106 valence electrons. The van der Waals surface area contributed by atoms with E-state index in [2.05, 4.69) is 4.99 Å². The molecule has 0 unspecified atom stereocenters. The summed E-state index contributed by atoms with van der Waals surface area (Å²) in [5.41, 5.74) is 0.563. The fraction of sp³-hybridized carbons (Fsp3) is 0.462. The molecule has 1 aromatic carbocycles. The minimum atomic E-state index is -1.31. The van der Waals surface area contributed by atoms with E-state index in [0.717, 1.165) is 0 Å². The van der Waals surface area contributed by atoms with E-state index >= 15 is 0 Å². The van der Waals surface area contributed by atoms with Crippen molar-refractivity contribution >= 4 is 11.6 Å². The third kappa shape index (κ3) is 2.14. The molecule has 2 heterocycles. The fourth-order valence-corrected chi connectivity index (χ4v) is 2.34. The maximum Gasteiger partial charge on any atom is 0.269 e. The van der Waals surface area contributed by atoms with Crippen molar-refractivity contribution in [3.8, 4) is 0 Å². The van der Waals surface area contributed by atoms with E-state index in [0.29, 0.717) is 25.0 Å². The summed E-state index contributed by atoms with van der Waals surface area (Å²) in [4.78, 5) is 14.3. The first kappa shape index (κ1) is 13.0. The summed E-state index contributed by atoms with van der Waals surface area (Å²) in [5, 5.41) is 10.6. The topological polar surface area (TPSA) is 74.0 Å². The van der Waals surface area contributed by atoms with E-state index in [9.17, 15) is 14.5 Å². The highest BCUT2D eigenvalue weighted by Gasteiger charge is 2.49. The molecule has 6 nitrogen and oxygen atoms in total. The van der Waals surface area contributed by atoms with Gasteiger partial charge >= 0.3 is 0 Å². The van der Waals surface area contributed by atoms with Gasteiger partial charge in [0.2, 0.25) is 5.90 Å². The molecule has 1 aromatic rings. The van der Waals surface area contributed by atoms with Crippen molar-refractivity contribution in [3.05, 3.63) is 39.9 Å². The Morgan fingerprint density at radius 3 is 2.80 bits per heavy atom.